The fraction of sp³-hybridized carbons (Fsp3) is 0.909. The molecule has 1 aliphatic heterocycles. The lowest BCUT2D eigenvalue weighted by Gasteiger charge is -2.26. The van der Waals surface area contributed by atoms with Crippen molar-refractivity contribution in [1.29, 1.82) is 0 Å². The summed E-state index contributed by atoms with van der Waals surface area (Å²) in [6.45, 7) is 4.77. The van der Waals surface area contributed by atoms with E-state index in [4.69, 9.17) is 4.74 Å². The normalized spacial score (nSPS) is 17.6. The number of hydrogen-bond donors (Lipinski definition) is 1. The molecule has 1 aliphatic rings. The first-order valence-corrected chi connectivity index (χ1v) is 8.22. The Bertz CT molecular complexity index is 379. The molecule has 1 rings (SSSR count). The molecule has 0 aromatic heterocycles. The lowest BCUT2D eigenvalue weighted by molar-refractivity contribution is -0.121. The topological polar surface area (TPSA) is 79.0 Å². The van der Waals surface area contributed by atoms with E-state index in [-0.39, 0.29) is 12.5 Å². The summed E-state index contributed by atoms with van der Waals surface area (Å²) < 4.78 is 28.5. The van der Waals surface area contributed by atoms with Gasteiger partial charge in [0.25, 0.3) is 0 Å². The molecule has 7 nitrogen and oxygen atoms in total. The van der Waals surface area contributed by atoms with Crippen molar-refractivity contribution in [3.8, 4) is 0 Å². The van der Waals surface area contributed by atoms with Crippen LogP contribution >= 0.6 is 0 Å². The van der Waals surface area contributed by atoms with Crippen LogP contribution in [-0.4, -0.2) is 82.8 Å². The number of rotatable bonds is 7. The van der Waals surface area contributed by atoms with Crippen molar-refractivity contribution in [2.45, 2.75) is 6.42 Å². The van der Waals surface area contributed by atoms with Crippen molar-refractivity contribution >= 4 is 15.9 Å². The average Bonchev–Trinajstić information content (AvgIpc) is 2.35. The maximum Gasteiger partial charge on any atom is 0.235 e. The highest BCUT2D eigenvalue weighted by molar-refractivity contribution is 7.88. The summed E-state index contributed by atoms with van der Waals surface area (Å²) in [4.78, 5) is 13.8. The first-order valence-electron chi connectivity index (χ1n) is 6.37. The highest BCUT2D eigenvalue weighted by Gasteiger charge is 2.15. The number of sulfonamides is 1. The number of carbonyl (C=O) groups is 1. The molecule has 112 valence electrons. The van der Waals surface area contributed by atoms with Gasteiger partial charge in [-0.1, -0.05) is 0 Å². The lowest BCUT2D eigenvalue weighted by Crippen LogP contribution is -2.40. The molecule has 0 aromatic carbocycles. The Morgan fingerprint density at radius 3 is 2.58 bits per heavy atom. The smallest absolute Gasteiger partial charge is 0.235 e. The van der Waals surface area contributed by atoms with Crippen LogP contribution in [0.1, 0.15) is 6.42 Å². The SMILES string of the molecule is CN(CC(=O)NCCCN1CCOCC1)S(C)(=O)=O. The van der Waals surface area contributed by atoms with Crippen LogP contribution in [0.2, 0.25) is 0 Å². The van der Waals surface area contributed by atoms with Crippen LogP contribution in [0.5, 0.6) is 0 Å². The number of ether oxygens (including phenoxy) is 1. The van der Waals surface area contributed by atoms with E-state index in [2.05, 4.69) is 10.2 Å². The molecular weight excluding hydrogens is 270 g/mol. The Labute approximate surface area is 114 Å². The Hall–Kier alpha value is -0.700. The van der Waals surface area contributed by atoms with Gasteiger partial charge in [0.15, 0.2) is 0 Å². The molecule has 0 aliphatic carbocycles. The molecule has 0 saturated carbocycles. The lowest BCUT2D eigenvalue weighted by atomic mass is 10.3. The number of morpholine rings is 1. The monoisotopic (exact) mass is 293 g/mol. The van der Waals surface area contributed by atoms with E-state index in [1.807, 2.05) is 0 Å². The minimum absolute atomic E-state index is 0.129. The second-order valence-electron chi connectivity index (χ2n) is 4.68. The van der Waals surface area contributed by atoms with Gasteiger partial charge in [-0.3, -0.25) is 9.69 Å². The van der Waals surface area contributed by atoms with Crippen LogP contribution in [0.15, 0.2) is 0 Å². The summed E-state index contributed by atoms with van der Waals surface area (Å²) in [6, 6.07) is 0. The third-order valence-electron chi connectivity index (χ3n) is 3.01. The molecular formula is C11H23N3O4S. The standard InChI is InChI=1S/C11H23N3O4S/c1-13(19(2,16)17)10-11(15)12-4-3-5-14-6-8-18-9-7-14/h3-10H2,1-2H3,(H,12,15). The van der Waals surface area contributed by atoms with Gasteiger partial charge in [-0.15, -0.1) is 0 Å². The Kier molecular flexibility index (Phi) is 6.70. The Morgan fingerprint density at radius 2 is 2.00 bits per heavy atom. The molecule has 0 radical (unpaired) electrons. The van der Waals surface area contributed by atoms with E-state index in [9.17, 15) is 13.2 Å². The van der Waals surface area contributed by atoms with Gasteiger partial charge in [0.05, 0.1) is 26.0 Å². The second-order valence-corrected chi connectivity index (χ2v) is 6.77. The molecule has 0 spiro atoms. The zero-order valence-corrected chi connectivity index (χ0v) is 12.4. The summed E-state index contributed by atoms with van der Waals surface area (Å²) in [5.74, 6) is -0.269. The van der Waals surface area contributed by atoms with Crippen LogP contribution in [0.25, 0.3) is 0 Å². The molecule has 1 saturated heterocycles. The van der Waals surface area contributed by atoms with E-state index < -0.39 is 10.0 Å². The summed E-state index contributed by atoms with van der Waals surface area (Å²) in [7, 11) is -1.90. The predicted octanol–water partition coefficient (Wildman–Crippen LogP) is -1.28. The summed E-state index contributed by atoms with van der Waals surface area (Å²) >= 11 is 0. The van der Waals surface area contributed by atoms with Gasteiger partial charge in [0, 0.05) is 26.7 Å². The van der Waals surface area contributed by atoms with Crippen molar-refractivity contribution in [1.82, 2.24) is 14.5 Å². The minimum atomic E-state index is -3.30. The summed E-state index contributed by atoms with van der Waals surface area (Å²) in [6.07, 6.45) is 1.94. The number of carbonyl (C=O) groups excluding carboxylic acids is 1. The van der Waals surface area contributed by atoms with Crippen LogP contribution in [0, 0.1) is 0 Å². The molecule has 1 fully saturated rings. The summed E-state index contributed by atoms with van der Waals surface area (Å²) in [5, 5.41) is 2.72. The van der Waals surface area contributed by atoms with Gasteiger partial charge in [-0.25, -0.2) is 8.42 Å². The van der Waals surface area contributed by atoms with Crippen LogP contribution in [0.4, 0.5) is 0 Å². The zero-order valence-electron chi connectivity index (χ0n) is 11.6. The molecule has 8 heteroatoms. The summed E-state index contributed by atoms with van der Waals surface area (Å²) in [5.41, 5.74) is 0. The highest BCUT2D eigenvalue weighted by Crippen LogP contribution is 1.97. The molecule has 0 bridgehead atoms. The quantitative estimate of drug-likeness (QED) is 0.591. The molecule has 1 amide bonds. The van der Waals surface area contributed by atoms with Crippen molar-refractivity contribution in [2.24, 2.45) is 0 Å². The molecule has 0 unspecified atom stereocenters. The molecule has 1 heterocycles. The first kappa shape index (κ1) is 16.4. The van der Waals surface area contributed by atoms with Crippen molar-refractivity contribution < 1.29 is 17.9 Å². The maximum absolute atomic E-state index is 11.5. The fourth-order valence-corrected chi connectivity index (χ4v) is 2.08. The number of likely N-dealkylation sites (N-methyl/N-ethyl adjacent to an activating group) is 1. The Balaban J connectivity index is 2.10. The maximum atomic E-state index is 11.5. The minimum Gasteiger partial charge on any atom is -0.379 e. The second kappa shape index (κ2) is 7.78. The number of amides is 1. The van der Waals surface area contributed by atoms with Gasteiger partial charge in [0.2, 0.25) is 15.9 Å². The molecule has 0 atom stereocenters. The van der Waals surface area contributed by atoms with Gasteiger partial charge < -0.3 is 10.1 Å². The number of nitrogens with one attached hydrogen (secondary N) is 1. The third kappa shape index (κ3) is 6.86. The van der Waals surface area contributed by atoms with Crippen LogP contribution < -0.4 is 5.32 Å². The van der Waals surface area contributed by atoms with E-state index in [1.54, 1.807) is 0 Å². The number of nitrogens with zero attached hydrogens (tertiary/aromatic N) is 2. The number of hydrogen-bond acceptors (Lipinski definition) is 5. The third-order valence-corrected chi connectivity index (χ3v) is 4.27. The van der Waals surface area contributed by atoms with Crippen molar-refractivity contribution in [2.75, 3.05) is 59.2 Å². The van der Waals surface area contributed by atoms with Gasteiger partial charge in [0.1, 0.15) is 0 Å². The zero-order chi connectivity index (χ0) is 14.3. The van der Waals surface area contributed by atoms with Crippen LogP contribution in [-0.2, 0) is 19.6 Å². The highest BCUT2D eigenvalue weighted by atomic mass is 32.2. The molecule has 19 heavy (non-hydrogen) atoms. The van der Waals surface area contributed by atoms with Gasteiger partial charge >= 0.3 is 0 Å². The fourth-order valence-electron chi connectivity index (χ4n) is 1.73. The first-order chi connectivity index (χ1) is 8.89. The Morgan fingerprint density at radius 1 is 1.37 bits per heavy atom. The van der Waals surface area contributed by atoms with E-state index in [1.165, 1.54) is 7.05 Å². The van der Waals surface area contributed by atoms with E-state index in [0.717, 1.165) is 49.8 Å². The average molecular weight is 293 g/mol. The largest absolute Gasteiger partial charge is 0.379 e. The van der Waals surface area contributed by atoms with E-state index in [0.29, 0.717) is 6.54 Å². The van der Waals surface area contributed by atoms with E-state index >= 15 is 0 Å². The van der Waals surface area contributed by atoms with Gasteiger partial charge in [-0.05, 0) is 13.0 Å². The predicted molar refractivity (Wildman–Crippen MR) is 72.4 cm³/mol. The van der Waals surface area contributed by atoms with Crippen molar-refractivity contribution in [3.63, 3.8) is 0 Å². The van der Waals surface area contributed by atoms with Crippen LogP contribution in [0.3, 0.4) is 0 Å². The van der Waals surface area contributed by atoms with Crippen molar-refractivity contribution in [3.05, 3.63) is 0 Å². The molecule has 0 aromatic rings. The molecule has 1 N–H and O–H groups in total. The van der Waals surface area contributed by atoms with Gasteiger partial charge in [-0.2, -0.15) is 4.31 Å².